The van der Waals surface area contributed by atoms with Gasteiger partial charge >= 0.3 is 0 Å². The second-order valence-electron chi connectivity index (χ2n) is 5.80. The Morgan fingerprint density at radius 3 is 2.85 bits per heavy atom. The average molecular weight is 452 g/mol. The van der Waals surface area contributed by atoms with Crippen molar-refractivity contribution in [3.05, 3.63) is 57.0 Å². The highest BCUT2D eigenvalue weighted by molar-refractivity contribution is 9.10. The molecule has 6 nitrogen and oxygen atoms in total. The van der Waals surface area contributed by atoms with E-state index in [1.165, 1.54) is 6.08 Å². The van der Waals surface area contributed by atoms with Crippen LogP contribution in [-0.2, 0) is 9.59 Å². The van der Waals surface area contributed by atoms with Gasteiger partial charge in [-0.25, -0.2) is 0 Å². The first-order chi connectivity index (χ1) is 12.9. The third-order valence-electron chi connectivity index (χ3n) is 3.76. The van der Waals surface area contributed by atoms with Gasteiger partial charge in [-0.1, -0.05) is 27.5 Å². The molecule has 0 unspecified atom stereocenters. The first-order valence-corrected chi connectivity index (χ1v) is 9.20. The Bertz CT molecular complexity index is 930. The van der Waals surface area contributed by atoms with Gasteiger partial charge in [0.1, 0.15) is 0 Å². The van der Waals surface area contributed by atoms with Crippen LogP contribution in [0.15, 0.2) is 40.9 Å². The molecule has 3 rings (SSSR count). The second kappa shape index (κ2) is 8.45. The number of carbonyl (C=O) groups is 2. The quantitative estimate of drug-likeness (QED) is 0.676. The lowest BCUT2D eigenvalue weighted by atomic mass is 10.2. The first-order valence-electron chi connectivity index (χ1n) is 8.03. The van der Waals surface area contributed by atoms with Crippen molar-refractivity contribution >= 4 is 51.1 Å². The van der Waals surface area contributed by atoms with Crippen LogP contribution in [0.1, 0.15) is 11.1 Å². The van der Waals surface area contributed by atoms with E-state index in [4.69, 9.17) is 21.1 Å². The van der Waals surface area contributed by atoms with Gasteiger partial charge in [-0.2, -0.15) is 0 Å². The topological polar surface area (TPSA) is 76.7 Å². The Morgan fingerprint density at radius 1 is 1.26 bits per heavy atom. The van der Waals surface area contributed by atoms with E-state index in [0.29, 0.717) is 27.8 Å². The van der Waals surface area contributed by atoms with E-state index in [9.17, 15) is 9.59 Å². The highest BCUT2D eigenvalue weighted by atomic mass is 79.9. The number of anilines is 1. The number of aryl methyl sites for hydroxylation is 1. The summed E-state index contributed by atoms with van der Waals surface area (Å²) in [6.07, 6.45) is 2.91. The van der Waals surface area contributed by atoms with Crippen LogP contribution in [0, 0.1) is 6.92 Å². The van der Waals surface area contributed by atoms with Crippen LogP contribution in [0.4, 0.5) is 5.69 Å². The van der Waals surface area contributed by atoms with Gasteiger partial charge in [0, 0.05) is 16.2 Å². The van der Waals surface area contributed by atoms with E-state index >= 15 is 0 Å². The molecule has 1 aliphatic rings. The van der Waals surface area contributed by atoms with Crippen LogP contribution < -0.4 is 20.1 Å². The summed E-state index contributed by atoms with van der Waals surface area (Å²) in [5.74, 6) is 0.324. The Balaban J connectivity index is 1.53. The number of rotatable bonds is 5. The molecule has 0 saturated heterocycles. The van der Waals surface area contributed by atoms with E-state index in [1.807, 2.05) is 19.1 Å². The summed E-state index contributed by atoms with van der Waals surface area (Å²) < 4.78 is 11.4. The SMILES string of the molecule is Cc1cc(Br)ccc1NC(=O)CNC(=O)/C=C/c1cc(Cl)c2c(c1)OCO2. The number of ether oxygens (including phenoxy) is 2. The van der Waals surface area contributed by atoms with Crippen molar-refractivity contribution in [2.24, 2.45) is 0 Å². The van der Waals surface area contributed by atoms with Crippen LogP contribution in [0.2, 0.25) is 5.02 Å². The molecule has 2 aromatic carbocycles. The lowest BCUT2D eigenvalue weighted by Gasteiger charge is -2.09. The van der Waals surface area contributed by atoms with Gasteiger partial charge in [-0.05, 0) is 54.5 Å². The van der Waals surface area contributed by atoms with E-state index in [2.05, 4.69) is 26.6 Å². The van der Waals surface area contributed by atoms with E-state index in [0.717, 1.165) is 10.0 Å². The third kappa shape index (κ3) is 5.02. The molecule has 140 valence electrons. The van der Waals surface area contributed by atoms with Gasteiger partial charge in [0.2, 0.25) is 18.6 Å². The predicted molar refractivity (Wildman–Crippen MR) is 107 cm³/mol. The molecular weight excluding hydrogens is 436 g/mol. The van der Waals surface area contributed by atoms with Crippen molar-refractivity contribution < 1.29 is 19.1 Å². The summed E-state index contributed by atoms with van der Waals surface area (Å²) >= 11 is 9.47. The number of carbonyl (C=O) groups excluding carboxylic acids is 2. The maximum Gasteiger partial charge on any atom is 0.244 e. The molecule has 0 atom stereocenters. The molecule has 1 heterocycles. The normalized spacial score (nSPS) is 12.3. The van der Waals surface area contributed by atoms with Gasteiger partial charge in [0.15, 0.2) is 11.5 Å². The minimum absolute atomic E-state index is 0.121. The highest BCUT2D eigenvalue weighted by Crippen LogP contribution is 2.40. The fourth-order valence-electron chi connectivity index (χ4n) is 2.44. The molecule has 0 fully saturated rings. The standard InChI is InChI=1S/C19H16BrClN2O4/c1-11-6-13(20)3-4-15(11)23-18(25)9-22-17(24)5-2-12-7-14(21)19-16(8-12)26-10-27-19/h2-8H,9-10H2,1H3,(H,22,24)(H,23,25)/b5-2+. The van der Waals surface area contributed by atoms with E-state index in [1.54, 1.807) is 24.3 Å². The van der Waals surface area contributed by atoms with Gasteiger partial charge in [0.05, 0.1) is 11.6 Å². The van der Waals surface area contributed by atoms with Gasteiger partial charge in [-0.15, -0.1) is 0 Å². The number of amides is 2. The van der Waals surface area contributed by atoms with Crippen LogP contribution in [0.25, 0.3) is 6.08 Å². The van der Waals surface area contributed by atoms with Crippen molar-refractivity contribution in [3.8, 4) is 11.5 Å². The molecule has 2 amide bonds. The van der Waals surface area contributed by atoms with Gasteiger partial charge in [0.25, 0.3) is 0 Å². The Hall–Kier alpha value is -2.51. The third-order valence-corrected chi connectivity index (χ3v) is 4.54. The summed E-state index contributed by atoms with van der Waals surface area (Å²) in [7, 11) is 0. The van der Waals surface area contributed by atoms with Crippen molar-refractivity contribution in [2.45, 2.75) is 6.92 Å². The molecule has 0 saturated carbocycles. The number of halogens is 2. The molecule has 27 heavy (non-hydrogen) atoms. The zero-order valence-corrected chi connectivity index (χ0v) is 16.7. The minimum atomic E-state index is -0.397. The van der Waals surface area contributed by atoms with Crippen molar-refractivity contribution in [3.63, 3.8) is 0 Å². The van der Waals surface area contributed by atoms with Gasteiger partial charge < -0.3 is 20.1 Å². The smallest absolute Gasteiger partial charge is 0.244 e. The number of nitrogens with one attached hydrogen (secondary N) is 2. The number of hydrogen-bond donors (Lipinski definition) is 2. The zero-order chi connectivity index (χ0) is 19.4. The lowest BCUT2D eigenvalue weighted by molar-refractivity contribution is -0.121. The van der Waals surface area contributed by atoms with E-state index in [-0.39, 0.29) is 19.2 Å². The minimum Gasteiger partial charge on any atom is -0.454 e. The van der Waals surface area contributed by atoms with Crippen LogP contribution in [0.5, 0.6) is 11.5 Å². The van der Waals surface area contributed by atoms with Gasteiger partial charge in [-0.3, -0.25) is 9.59 Å². The number of fused-ring (bicyclic) bond motifs is 1. The van der Waals surface area contributed by atoms with E-state index < -0.39 is 5.91 Å². The zero-order valence-electron chi connectivity index (χ0n) is 14.3. The van der Waals surface area contributed by atoms with Crippen LogP contribution in [-0.4, -0.2) is 25.2 Å². The lowest BCUT2D eigenvalue weighted by Crippen LogP contribution is -2.31. The van der Waals surface area contributed by atoms with Crippen LogP contribution in [0.3, 0.4) is 0 Å². The molecule has 0 bridgehead atoms. The molecule has 2 N–H and O–H groups in total. The predicted octanol–water partition coefficient (Wildman–Crippen LogP) is 3.91. The fraction of sp³-hybridized carbons (Fsp3) is 0.158. The fourth-order valence-corrected chi connectivity index (χ4v) is 3.19. The summed E-state index contributed by atoms with van der Waals surface area (Å²) in [4.78, 5) is 23.9. The van der Waals surface area contributed by atoms with Crippen molar-refractivity contribution in [2.75, 3.05) is 18.7 Å². The molecule has 0 radical (unpaired) electrons. The monoisotopic (exact) mass is 450 g/mol. The Kier molecular flexibility index (Phi) is 6.03. The average Bonchev–Trinajstić information content (AvgIpc) is 3.10. The molecule has 0 spiro atoms. The Labute approximate surface area is 169 Å². The van der Waals surface area contributed by atoms with Crippen LogP contribution >= 0.6 is 27.5 Å². The number of hydrogen-bond acceptors (Lipinski definition) is 4. The summed E-state index contributed by atoms with van der Waals surface area (Å²) in [6, 6.07) is 8.92. The van der Waals surface area contributed by atoms with Crippen molar-refractivity contribution in [1.29, 1.82) is 0 Å². The molecular formula is C19H16BrClN2O4. The summed E-state index contributed by atoms with van der Waals surface area (Å²) in [6.45, 7) is 1.87. The number of benzene rings is 2. The largest absolute Gasteiger partial charge is 0.454 e. The molecule has 0 aromatic heterocycles. The first kappa shape index (κ1) is 19.3. The molecule has 1 aliphatic heterocycles. The molecule has 0 aliphatic carbocycles. The maximum atomic E-state index is 12.0. The molecule has 8 heteroatoms. The van der Waals surface area contributed by atoms with Crippen molar-refractivity contribution in [1.82, 2.24) is 5.32 Å². The second-order valence-corrected chi connectivity index (χ2v) is 7.12. The Morgan fingerprint density at radius 2 is 2.07 bits per heavy atom. The molecule has 2 aromatic rings. The highest BCUT2D eigenvalue weighted by Gasteiger charge is 2.17. The summed E-state index contributed by atoms with van der Waals surface area (Å²) in [5, 5.41) is 5.70. The maximum absolute atomic E-state index is 12.0. The summed E-state index contributed by atoms with van der Waals surface area (Å²) in [5.41, 5.74) is 2.31.